The first-order valence-corrected chi connectivity index (χ1v) is 12.4. The van der Waals surface area contributed by atoms with Gasteiger partial charge in [0.15, 0.2) is 0 Å². The van der Waals surface area contributed by atoms with Crippen molar-refractivity contribution in [2.75, 3.05) is 0 Å². The lowest BCUT2D eigenvalue weighted by molar-refractivity contribution is 0.403. The first kappa shape index (κ1) is 30.8. The van der Waals surface area contributed by atoms with Crippen LogP contribution < -0.4 is 0 Å². The topological polar surface area (TPSA) is 115 Å². The predicted octanol–water partition coefficient (Wildman–Crippen LogP) is 5.77. The van der Waals surface area contributed by atoms with Crippen molar-refractivity contribution in [2.45, 2.75) is 105 Å². The van der Waals surface area contributed by atoms with E-state index in [1.54, 1.807) is 0 Å². The monoisotopic (exact) mass is 416 g/mol. The maximum absolute atomic E-state index is 8.74. The van der Waals surface area contributed by atoms with Crippen LogP contribution in [0, 0.1) is 0 Å². The third-order valence-electron chi connectivity index (χ3n) is 3.83. The minimum atomic E-state index is -3.13. The van der Waals surface area contributed by atoms with Gasteiger partial charge in [0.05, 0.1) is 0 Å². The van der Waals surface area contributed by atoms with Gasteiger partial charge in [-0.1, -0.05) is 64.5 Å². The van der Waals surface area contributed by atoms with E-state index in [0.29, 0.717) is 0 Å². The Bertz CT molecular complexity index is 311. The van der Waals surface area contributed by atoms with Crippen LogP contribution >= 0.6 is 16.5 Å². The number of hydrogen-bond donors (Lipinski definition) is 4. The lowest BCUT2D eigenvalue weighted by Crippen LogP contribution is -1.95. The lowest BCUT2D eigenvalue weighted by atomic mass is 9.91. The van der Waals surface area contributed by atoms with Crippen molar-refractivity contribution in [2.24, 2.45) is 0 Å². The molecule has 160 valence electrons. The molecular formula is C18H42O6P2. The number of rotatable bonds is 12. The van der Waals surface area contributed by atoms with Gasteiger partial charge in [0, 0.05) is 0 Å². The van der Waals surface area contributed by atoms with E-state index in [1.165, 1.54) is 77.0 Å². The molecule has 0 aliphatic heterocycles. The maximum atomic E-state index is 8.74. The van der Waals surface area contributed by atoms with Gasteiger partial charge in [-0.05, 0) is 51.4 Å². The van der Waals surface area contributed by atoms with Gasteiger partial charge in [-0.2, -0.15) is 0 Å². The fourth-order valence-electron chi connectivity index (χ4n) is 2.52. The average molecular weight is 416 g/mol. The van der Waals surface area contributed by atoms with Crippen LogP contribution in [-0.2, 0) is 9.13 Å². The van der Waals surface area contributed by atoms with E-state index in [2.05, 4.69) is 27.7 Å². The average Bonchev–Trinajstić information content (AvgIpc) is 2.55. The molecule has 0 aromatic rings. The largest absolute Gasteiger partial charge is 0.326 e. The molecule has 0 unspecified atom stereocenters. The number of unbranched alkanes of at least 4 members (excludes halogenated alkanes) is 4. The molecule has 0 radical (unpaired) electrons. The zero-order chi connectivity index (χ0) is 20.8. The second-order valence-corrected chi connectivity index (χ2v) is 7.32. The smallest absolute Gasteiger partial charge is 0.314 e. The second-order valence-electron chi connectivity index (χ2n) is 6.19. The van der Waals surface area contributed by atoms with Gasteiger partial charge in [0.1, 0.15) is 0 Å². The Morgan fingerprint density at radius 3 is 0.808 bits per heavy atom. The van der Waals surface area contributed by atoms with Crippen LogP contribution in [-0.4, -0.2) is 19.6 Å². The Hall–Kier alpha value is 0.0400. The Morgan fingerprint density at radius 1 is 0.538 bits per heavy atom. The predicted molar refractivity (Wildman–Crippen MR) is 112 cm³/mol. The summed E-state index contributed by atoms with van der Waals surface area (Å²) in [6, 6.07) is 0. The highest BCUT2D eigenvalue weighted by molar-refractivity contribution is 7.31. The Kier molecular flexibility index (Phi) is 29.6. The molecule has 8 heteroatoms. The van der Waals surface area contributed by atoms with E-state index in [-0.39, 0.29) is 0 Å². The zero-order valence-corrected chi connectivity index (χ0v) is 19.1. The van der Waals surface area contributed by atoms with Gasteiger partial charge in [-0.15, -0.1) is 0 Å². The molecule has 0 spiro atoms. The van der Waals surface area contributed by atoms with Crippen molar-refractivity contribution in [1.29, 1.82) is 0 Å². The molecule has 0 rings (SSSR count). The molecule has 0 bridgehead atoms. The summed E-state index contributed by atoms with van der Waals surface area (Å²) in [6.45, 7) is 9.26. The third kappa shape index (κ3) is 31.8. The molecular weight excluding hydrogens is 374 g/mol. The molecule has 0 aromatic carbocycles. The second kappa shape index (κ2) is 25.0. The fraction of sp³-hybridized carbons (Fsp3) is 0.889. The molecule has 0 saturated heterocycles. The molecule has 26 heavy (non-hydrogen) atoms. The molecule has 0 aliphatic rings. The van der Waals surface area contributed by atoms with Crippen molar-refractivity contribution in [3.05, 3.63) is 11.1 Å². The van der Waals surface area contributed by atoms with Crippen molar-refractivity contribution in [3.63, 3.8) is 0 Å². The van der Waals surface area contributed by atoms with Crippen LogP contribution in [0.5, 0.6) is 0 Å². The van der Waals surface area contributed by atoms with E-state index >= 15 is 0 Å². The van der Waals surface area contributed by atoms with Crippen LogP contribution in [0.4, 0.5) is 0 Å². The molecule has 0 atom stereocenters. The van der Waals surface area contributed by atoms with Crippen molar-refractivity contribution in [1.82, 2.24) is 0 Å². The standard InChI is InChI=1S/C18H36.2H3O3P/c1-5-9-13-17(14-10-6-2)18(15-11-7-3)16-12-8-4;2*1-4(2)3/h5-16H2,1-4H3;2*4H,(H2,1,2,3). The third-order valence-corrected chi connectivity index (χ3v) is 3.83. The van der Waals surface area contributed by atoms with Gasteiger partial charge in [-0.3, -0.25) is 9.13 Å². The molecule has 0 heterocycles. The van der Waals surface area contributed by atoms with Crippen molar-refractivity contribution >= 4 is 16.5 Å². The first-order chi connectivity index (χ1) is 12.3. The lowest BCUT2D eigenvalue weighted by Gasteiger charge is -2.15. The summed E-state index contributed by atoms with van der Waals surface area (Å²) in [5.41, 5.74) is 3.67. The number of hydrogen-bond acceptors (Lipinski definition) is 2. The zero-order valence-electron chi connectivity index (χ0n) is 17.1. The van der Waals surface area contributed by atoms with Gasteiger partial charge < -0.3 is 19.6 Å². The van der Waals surface area contributed by atoms with E-state index in [4.69, 9.17) is 28.7 Å². The van der Waals surface area contributed by atoms with Crippen LogP contribution in [0.25, 0.3) is 0 Å². The number of allylic oxidation sites excluding steroid dienone is 2. The molecule has 0 aromatic heterocycles. The van der Waals surface area contributed by atoms with Crippen LogP contribution in [0.3, 0.4) is 0 Å². The van der Waals surface area contributed by atoms with Crippen molar-refractivity contribution in [3.8, 4) is 0 Å². The summed E-state index contributed by atoms with van der Waals surface area (Å²) < 4.78 is 17.5. The van der Waals surface area contributed by atoms with Gasteiger partial charge in [0.2, 0.25) is 0 Å². The summed E-state index contributed by atoms with van der Waals surface area (Å²) in [7, 11) is -6.26. The van der Waals surface area contributed by atoms with Crippen LogP contribution in [0.2, 0.25) is 0 Å². The minimum absolute atomic E-state index is 1.34. The summed E-state index contributed by atoms with van der Waals surface area (Å²) >= 11 is 0. The van der Waals surface area contributed by atoms with E-state index < -0.39 is 16.5 Å². The summed E-state index contributed by atoms with van der Waals surface area (Å²) in [4.78, 5) is 28.6. The van der Waals surface area contributed by atoms with E-state index in [1.807, 2.05) is 11.1 Å². The highest BCUT2D eigenvalue weighted by atomic mass is 31.1. The normalized spacial score (nSPS) is 10.1. The molecule has 0 saturated carbocycles. The Balaban J connectivity index is -0.000000551. The van der Waals surface area contributed by atoms with Gasteiger partial charge in [-0.25, -0.2) is 0 Å². The molecule has 0 amide bonds. The van der Waals surface area contributed by atoms with E-state index in [9.17, 15) is 0 Å². The Labute approximate surface area is 161 Å². The summed E-state index contributed by atoms with van der Waals surface area (Å²) in [5, 5.41) is 0. The van der Waals surface area contributed by atoms with E-state index in [0.717, 1.165) is 0 Å². The molecule has 6 nitrogen and oxygen atoms in total. The van der Waals surface area contributed by atoms with Crippen LogP contribution in [0.15, 0.2) is 11.1 Å². The minimum Gasteiger partial charge on any atom is -0.326 e. The molecule has 0 fully saturated rings. The first-order valence-electron chi connectivity index (χ1n) is 9.80. The summed E-state index contributed by atoms with van der Waals surface area (Å²) in [5.74, 6) is 0. The molecule has 4 N–H and O–H groups in total. The highest BCUT2D eigenvalue weighted by Gasteiger charge is 2.06. The molecule has 0 aliphatic carbocycles. The quantitative estimate of drug-likeness (QED) is 0.237. The SMILES string of the molecule is CCCCC(CCCC)=C(CCCC)CCCC.O=[PH](O)O.O=[PH](O)O. The Morgan fingerprint density at radius 2 is 0.692 bits per heavy atom. The van der Waals surface area contributed by atoms with Gasteiger partial charge in [0.25, 0.3) is 0 Å². The summed E-state index contributed by atoms with van der Waals surface area (Å²) in [6.07, 6.45) is 16.4. The van der Waals surface area contributed by atoms with Gasteiger partial charge >= 0.3 is 16.5 Å². The fourth-order valence-corrected chi connectivity index (χ4v) is 2.52. The maximum Gasteiger partial charge on any atom is 0.314 e. The van der Waals surface area contributed by atoms with Crippen LogP contribution in [0.1, 0.15) is 105 Å². The highest BCUT2D eigenvalue weighted by Crippen LogP contribution is 2.26. The van der Waals surface area contributed by atoms with Crippen molar-refractivity contribution < 1.29 is 28.7 Å².